The fraction of sp³-hybridized carbons (Fsp3) is 0.412. The topological polar surface area (TPSA) is 46.6 Å². The van der Waals surface area contributed by atoms with Crippen LogP contribution in [0.4, 0.5) is 5.69 Å². The first-order valence-corrected chi connectivity index (χ1v) is 7.32. The SMILES string of the molecule is COc1ccc(N2C(=O)[C@@H]3[C@@H](C2=O)[C@H]2C=C[C@H]3C2)cc1C. The maximum Gasteiger partial charge on any atom is 0.238 e. The van der Waals surface area contributed by atoms with Crippen LogP contribution in [0.3, 0.4) is 0 Å². The van der Waals surface area contributed by atoms with Crippen LogP contribution >= 0.6 is 0 Å². The number of benzene rings is 1. The van der Waals surface area contributed by atoms with Crippen molar-refractivity contribution in [3.8, 4) is 5.75 Å². The summed E-state index contributed by atoms with van der Waals surface area (Å²) in [7, 11) is 1.61. The van der Waals surface area contributed by atoms with Gasteiger partial charge in [0.2, 0.25) is 11.8 Å². The van der Waals surface area contributed by atoms with Crippen LogP contribution in [0.5, 0.6) is 5.75 Å². The normalized spacial score (nSPS) is 33.0. The number of amides is 2. The van der Waals surface area contributed by atoms with Crippen LogP contribution in [0.25, 0.3) is 0 Å². The van der Waals surface area contributed by atoms with E-state index in [0.717, 1.165) is 17.7 Å². The van der Waals surface area contributed by atoms with E-state index in [0.29, 0.717) is 5.69 Å². The summed E-state index contributed by atoms with van der Waals surface area (Å²) in [6, 6.07) is 5.45. The highest BCUT2D eigenvalue weighted by Gasteiger charge is 2.59. The Hall–Kier alpha value is -2.10. The Morgan fingerprint density at radius 1 is 1.10 bits per heavy atom. The van der Waals surface area contributed by atoms with Crippen LogP contribution in [0.15, 0.2) is 30.4 Å². The van der Waals surface area contributed by atoms with Gasteiger partial charge >= 0.3 is 0 Å². The van der Waals surface area contributed by atoms with E-state index in [-0.39, 0.29) is 35.5 Å². The molecule has 0 unspecified atom stereocenters. The molecule has 1 aliphatic heterocycles. The number of ether oxygens (including phenoxy) is 1. The van der Waals surface area contributed by atoms with Crippen molar-refractivity contribution in [1.29, 1.82) is 0 Å². The van der Waals surface area contributed by atoms with E-state index in [9.17, 15) is 9.59 Å². The number of nitrogens with zero attached hydrogens (tertiary/aromatic N) is 1. The number of methoxy groups -OCH3 is 1. The molecule has 4 atom stereocenters. The Balaban J connectivity index is 1.72. The minimum atomic E-state index is -0.144. The van der Waals surface area contributed by atoms with Gasteiger partial charge in [-0.1, -0.05) is 12.2 Å². The summed E-state index contributed by atoms with van der Waals surface area (Å²) >= 11 is 0. The molecule has 4 rings (SSSR count). The van der Waals surface area contributed by atoms with Gasteiger partial charge in [0.25, 0.3) is 0 Å². The van der Waals surface area contributed by atoms with Gasteiger partial charge in [0.15, 0.2) is 0 Å². The van der Waals surface area contributed by atoms with Gasteiger partial charge in [0, 0.05) is 0 Å². The third-order valence-corrected chi connectivity index (χ3v) is 5.11. The van der Waals surface area contributed by atoms with Gasteiger partial charge in [-0.05, 0) is 48.9 Å². The highest BCUT2D eigenvalue weighted by atomic mass is 16.5. The molecule has 1 saturated carbocycles. The fourth-order valence-corrected chi connectivity index (χ4v) is 4.16. The standard InChI is InChI=1S/C17H17NO3/c1-9-7-12(5-6-13(9)21-2)18-16(19)14-10-3-4-11(8-10)15(14)17(18)20/h3-7,10-11,14-15H,8H2,1-2H3/t10-,11-,14-,15-/m0/s1. The molecule has 1 heterocycles. The van der Waals surface area contributed by atoms with Gasteiger partial charge in [-0.15, -0.1) is 0 Å². The molecule has 2 bridgehead atoms. The van der Waals surface area contributed by atoms with Crippen molar-refractivity contribution in [3.05, 3.63) is 35.9 Å². The smallest absolute Gasteiger partial charge is 0.238 e. The lowest BCUT2D eigenvalue weighted by molar-refractivity contribution is -0.123. The number of carbonyl (C=O) groups is 2. The summed E-state index contributed by atoms with van der Waals surface area (Å²) in [5, 5.41) is 0. The molecule has 2 aliphatic carbocycles. The van der Waals surface area contributed by atoms with Crippen LogP contribution in [0.1, 0.15) is 12.0 Å². The third kappa shape index (κ3) is 1.56. The molecule has 108 valence electrons. The summed E-state index contributed by atoms with van der Waals surface area (Å²) in [5.74, 6) is 0.906. The van der Waals surface area contributed by atoms with E-state index in [4.69, 9.17) is 4.74 Å². The highest BCUT2D eigenvalue weighted by Crippen LogP contribution is 2.53. The molecule has 0 spiro atoms. The number of carbonyl (C=O) groups excluding carboxylic acids is 2. The lowest BCUT2D eigenvalue weighted by atomic mass is 9.85. The van der Waals surface area contributed by atoms with E-state index in [1.807, 2.05) is 19.1 Å². The van der Waals surface area contributed by atoms with Crippen molar-refractivity contribution in [2.45, 2.75) is 13.3 Å². The number of anilines is 1. The average Bonchev–Trinajstić information content (AvgIpc) is 3.13. The molecular formula is C17H17NO3. The number of hydrogen-bond donors (Lipinski definition) is 0. The van der Waals surface area contributed by atoms with Gasteiger partial charge in [-0.25, -0.2) is 0 Å². The van der Waals surface area contributed by atoms with Crippen LogP contribution in [0.2, 0.25) is 0 Å². The van der Waals surface area contributed by atoms with Gasteiger partial charge in [0.05, 0.1) is 24.6 Å². The predicted octanol–water partition coefficient (Wildman–Crippen LogP) is 2.32. The second-order valence-corrected chi connectivity index (χ2v) is 6.17. The Bertz CT molecular complexity index is 649. The zero-order chi connectivity index (χ0) is 14.7. The molecule has 1 aromatic rings. The minimum Gasteiger partial charge on any atom is -0.496 e. The minimum absolute atomic E-state index is 0.0357. The third-order valence-electron chi connectivity index (χ3n) is 5.11. The Labute approximate surface area is 123 Å². The van der Waals surface area contributed by atoms with E-state index < -0.39 is 0 Å². The first-order chi connectivity index (χ1) is 10.1. The summed E-state index contributed by atoms with van der Waals surface area (Å²) in [6.45, 7) is 1.92. The van der Waals surface area contributed by atoms with Crippen molar-refractivity contribution in [2.75, 3.05) is 12.0 Å². The predicted molar refractivity (Wildman–Crippen MR) is 77.9 cm³/mol. The van der Waals surface area contributed by atoms with E-state index >= 15 is 0 Å². The quantitative estimate of drug-likeness (QED) is 0.618. The highest BCUT2D eigenvalue weighted by molar-refractivity contribution is 6.22. The first kappa shape index (κ1) is 12.6. The molecule has 1 aromatic carbocycles. The molecule has 3 aliphatic rings. The first-order valence-electron chi connectivity index (χ1n) is 7.32. The molecule has 0 aromatic heterocycles. The van der Waals surface area contributed by atoms with Gasteiger partial charge in [0.1, 0.15) is 5.75 Å². The molecular weight excluding hydrogens is 266 g/mol. The molecule has 2 amide bonds. The Kier molecular flexibility index (Phi) is 2.52. The maximum atomic E-state index is 12.7. The number of aryl methyl sites for hydroxylation is 1. The lowest BCUT2D eigenvalue weighted by Crippen LogP contribution is -2.32. The van der Waals surface area contributed by atoms with Gasteiger partial charge < -0.3 is 4.74 Å². The molecule has 1 saturated heterocycles. The molecule has 2 fully saturated rings. The van der Waals surface area contributed by atoms with Crippen LogP contribution in [-0.4, -0.2) is 18.9 Å². The summed E-state index contributed by atoms with van der Waals surface area (Å²) in [5.41, 5.74) is 1.59. The zero-order valence-corrected chi connectivity index (χ0v) is 12.1. The molecule has 0 N–H and O–H groups in total. The van der Waals surface area contributed by atoms with Crippen molar-refractivity contribution >= 4 is 17.5 Å². The maximum absolute atomic E-state index is 12.7. The number of rotatable bonds is 2. The zero-order valence-electron chi connectivity index (χ0n) is 12.1. The summed E-state index contributed by atoms with van der Waals surface area (Å²) in [4.78, 5) is 26.8. The second kappa shape index (κ2) is 4.20. The van der Waals surface area contributed by atoms with Crippen LogP contribution in [0, 0.1) is 30.6 Å². The Morgan fingerprint density at radius 2 is 1.71 bits per heavy atom. The van der Waals surface area contributed by atoms with Crippen LogP contribution < -0.4 is 9.64 Å². The Morgan fingerprint density at radius 3 is 2.24 bits per heavy atom. The number of fused-ring (bicyclic) bond motifs is 5. The average molecular weight is 283 g/mol. The van der Waals surface area contributed by atoms with E-state index in [1.54, 1.807) is 13.2 Å². The van der Waals surface area contributed by atoms with E-state index in [2.05, 4.69) is 12.2 Å². The number of hydrogen-bond acceptors (Lipinski definition) is 3. The summed E-state index contributed by atoms with van der Waals surface area (Å²) in [6.07, 6.45) is 5.18. The van der Waals surface area contributed by atoms with Crippen molar-refractivity contribution < 1.29 is 14.3 Å². The largest absolute Gasteiger partial charge is 0.496 e. The van der Waals surface area contributed by atoms with Gasteiger partial charge in [-0.2, -0.15) is 0 Å². The fourth-order valence-electron chi connectivity index (χ4n) is 4.16. The summed E-state index contributed by atoms with van der Waals surface area (Å²) < 4.78 is 5.24. The van der Waals surface area contributed by atoms with E-state index in [1.165, 1.54) is 4.90 Å². The molecule has 4 heteroatoms. The monoisotopic (exact) mass is 283 g/mol. The van der Waals surface area contributed by atoms with Gasteiger partial charge in [-0.3, -0.25) is 14.5 Å². The van der Waals surface area contributed by atoms with Crippen LogP contribution in [-0.2, 0) is 9.59 Å². The lowest BCUT2D eigenvalue weighted by Gasteiger charge is -2.18. The number of imide groups is 1. The van der Waals surface area contributed by atoms with Crippen molar-refractivity contribution in [3.63, 3.8) is 0 Å². The molecule has 21 heavy (non-hydrogen) atoms. The molecule has 4 nitrogen and oxygen atoms in total. The van der Waals surface area contributed by atoms with Crippen molar-refractivity contribution in [1.82, 2.24) is 0 Å². The second-order valence-electron chi connectivity index (χ2n) is 6.17. The number of allylic oxidation sites excluding steroid dienone is 2. The van der Waals surface area contributed by atoms with Crippen molar-refractivity contribution in [2.24, 2.45) is 23.7 Å². The molecule has 0 radical (unpaired) electrons.